The fraction of sp³-hybridized carbons (Fsp3) is 0. The first-order valence-corrected chi connectivity index (χ1v) is 6.71. The Balaban J connectivity index is 2.74. The van der Waals surface area contributed by atoms with Gasteiger partial charge in [0.1, 0.15) is 0 Å². The second-order valence-corrected chi connectivity index (χ2v) is 6.51. The SMILES string of the molecule is NS(=O)(=O)c1ccc2nc(Br)sc2c1. The highest BCUT2D eigenvalue weighted by atomic mass is 79.9. The number of benzene rings is 1. The Bertz CT molecular complexity index is 591. The average molecular weight is 293 g/mol. The number of fused-ring (bicyclic) bond motifs is 1. The fourth-order valence-electron chi connectivity index (χ4n) is 1.05. The first kappa shape index (κ1) is 10.0. The largest absolute Gasteiger partial charge is 0.238 e. The van der Waals surface area contributed by atoms with Gasteiger partial charge in [0.15, 0.2) is 3.92 Å². The number of hydrogen-bond acceptors (Lipinski definition) is 4. The average Bonchev–Trinajstić information content (AvgIpc) is 2.41. The van der Waals surface area contributed by atoms with Crippen molar-refractivity contribution in [2.24, 2.45) is 5.14 Å². The highest BCUT2D eigenvalue weighted by molar-refractivity contribution is 9.11. The van der Waals surface area contributed by atoms with Gasteiger partial charge in [0.05, 0.1) is 15.1 Å². The van der Waals surface area contributed by atoms with Gasteiger partial charge < -0.3 is 0 Å². The number of aromatic nitrogens is 1. The maximum Gasteiger partial charge on any atom is 0.238 e. The van der Waals surface area contributed by atoms with Crippen molar-refractivity contribution in [1.82, 2.24) is 4.98 Å². The first-order valence-electron chi connectivity index (χ1n) is 3.56. The molecule has 0 aliphatic heterocycles. The predicted molar refractivity (Wildman–Crippen MR) is 58.7 cm³/mol. The van der Waals surface area contributed by atoms with Crippen molar-refractivity contribution in [2.75, 3.05) is 0 Å². The molecule has 0 fully saturated rings. The standard InChI is InChI=1S/C7H5BrN2O2S2/c8-7-10-5-2-1-4(14(9,11)12)3-6(5)13-7/h1-3H,(H2,9,11,12). The van der Waals surface area contributed by atoms with Crippen molar-refractivity contribution >= 4 is 47.5 Å². The molecular weight excluding hydrogens is 288 g/mol. The van der Waals surface area contributed by atoms with E-state index in [2.05, 4.69) is 20.9 Å². The minimum Gasteiger partial charge on any atom is -0.229 e. The van der Waals surface area contributed by atoms with Gasteiger partial charge in [-0.25, -0.2) is 18.5 Å². The Labute approximate surface area is 92.9 Å². The van der Waals surface area contributed by atoms with E-state index in [1.54, 1.807) is 6.07 Å². The summed E-state index contributed by atoms with van der Waals surface area (Å²) in [6.07, 6.45) is 0. The highest BCUT2D eigenvalue weighted by Gasteiger charge is 2.09. The van der Waals surface area contributed by atoms with Crippen LogP contribution in [0.2, 0.25) is 0 Å². The van der Waals surface area contributed by atoms with E-state index in [1.165, 1.54) is 23.5 Å². The van der Waals surface area contributed by atoms with Gasteiger partial charge in [-0.2, -0.15) is 0 Å². The molecule has 2 N–H and O–H groups in total. The minimum absolute atomic E-state index is 0.112. The van der Waals surface area contributed by atoms with Crippen LogP contribution in [-0.2, 0) is 10.0 Å². The van der Waals surface area contributed by atoms with Gasteiger partial charge in [0.2, 0.25) is 10.0 Å². The van der Waals surface area contributed by atoms with Crippen molar-refractivity contribution < 1.29 is 8.42 Å². The molecule has 7 heteroatoms. The molecule has 0 aliphatic rings. The lowest BCUT2D eigenvalue weighted by atomic mass is 10.3. The maximum atomic E-state index is 11.0. The van der Waals surface area contributed by atoms with Crippen molar-refractivity contribution in [3.63, 3.8) is 0 Å². The Morgan fingerprint density at radius 2 is 2.14 bits per heavy atom. The van der Waals surface area contributed by atoms with Crippen LogP contribution in [0, 0.1) is 0 Å². The molecule has 74 valence electrons. The van der Waals surface area contributed by atoms with Crippen LogP contribution < -0.4 is 5.14 Å². The molecule has 0 saturated heterocycles. The van der Waals surface area contributed by atoms with Crippen LogP contribution in [0.15, 0.2) is 27.0 Å². The Morgan fingerprint density at radius 3 is 2.79 bits per heavy atom. The van der Waals surface area contributed by atoms with Gasteiger partial charge in [0.25, 0.3) is 0 Å². The van der Waals surface area contributed by atoms with Crippen LogP contribution in [0.25, 0.3) is 10.2 Å². The monoisotopic (exact) mass is 292 g/mol. The third kappa shape index (κ3) is 1.81. The molecule has 2 aromatic rings. The van der Waals surface area contributed by atoms with E-state index in [-0.39, 0.29) is 4.90 Å². The number of nitrogens with two attached hydrogens (primary N) is 1. The lowest BCUT2D eigenvalue weighted by Crippen LogP contribution is -2.11. The molecule has 0 unspecified atom stereocenters. The summed E-state index contributed by atoms with van der Waals surface area (Å²) in [7, 11) is -3.62. The lowest BCUT2D eigenvalue weighted by Gasteiger charge is -1.95. The van der Waals surface area contributed by atoms with E-state index < -0.39 is 10.0 Å². The zero-order valence-corrected chi connectivity index (χ0v) is 9.99. The van der Waals surface area contributed by atoms with Crippen molar-refractivity contribution in [3.05, 3.63) is 22.1 Å². The summed E-state index contributed by atoms with van der Waals surface area (Å²) in [6.45, 7) is 0. The molecule has 0 atom stereocenters. The topological polar surface area (TPSA) is 73.1 Å². The summed E-state index contributed by atoms with van der Waals surface area (Å²) in [5.41, 5.74) is 0.759. The van der Waals surface area contributed by atoms with Crippen LogP contribution in [0.4, 0.5) is 0 Å². The molecule has 0 aliphatic carbocycles. The van der Waals surface area contributed by atoms with Gasteiger partial charge in [-0.3, -0.25) is 0 Å². The fourth-order valence-corrected chi connectivity index (χ4v) is 3.11. The Kier molecular flexibility index (Phi) is 2.34. The molecule has 0 amide bonds. The summed E-state index contributed by atoms with van der Waals surface area (Å²) >= 11 is 4.59. The van der Waals surface area contributed by atoms with Crippen molar-refractivity contribution in [2.45, 2.75) is 4.90 Å². The Morgan fingerprint density at radius 1 is 1.43 bits per heavy atom. The molecule has 0 spiro atoms. The van der Waals surface area contributed by atoms with E-state index in [4.69, 9.17) is 5.14 Å². The summed E-state index contributed by atoms with van der Waals surface area (Å²) in [5.74, 6) is 0. The third-order valence-corrected chi connectivity index (χ3v) is 4.04. The molecule has 4 nitrogen and oxygen atoms in total. The summed E-state index contributed by atoms with van der Waals surface area (Å²) in [4.78, 5) is 4.25. The van der Waals surface area contributed by atoms with Gasteiger partial charge >= 0.3 is 0 Å². The summed E-state index contributed by atoms with van der Waals surface area (Å²) in [6, 6.07) is 4.60. The zero-order valence-electron chi connectivity index (χ0n) is 6.77. The molecule has 1 aromatic heterocycles. The number of halogens is 1. The maximum absolute atomic E-state index is 11.0. The lowest BCUT2D eigenvalue weighted by molar-refractivity contribution is 0.598. The molecule has 1 aromatic carbocycles. The number of sulfonamides is 1. The van der Waals surface area contributed by atoms with E-state index >= 15 is 0 Å². The predicted octanol–water partition coefficient (Wildman–Crippen LogP) is 1.71. The molecule has 14 heavy (non-hydrogen) atoms. The van der Waals surface area contributed by atoms with Crippen molar-refractivity contribution in [3.8, 4) is 0 Å². The van der Waals surface area contributed by atoms with E-state index in [0.29, 0.717) is 0 Å². The highest BCUT2D eigenvalue weighted by Crippen LogP contribution is 2.27. The Hall–Kier alpha value is -0.500. The van der Waals surface area contributed by atoms with Crippen LogP contribution in [0.1, 0.15) is 0 Å². The number of nitrogens with zero attached hydrogens (tertiary/aromatic N) is 1. The number of primary sulfonamides is 1. The van der Waals surface area contributed by atoms with Crippen LogP contribution >= 0.6 is 27.3 Å². The van der Waals surface area contributed by atoms with Crippen LogP contribution in [-0.4, -0.2) is 13.4 Å². The summed E-state index contributed by atoms with van der Waals surface area (Å²) in [5, 5.41) is 5.00. The van der Waals surface area contributed by atoms with E-state index in [0.717, 1.165) is 14.1 Å². The molecule has 0 radical (unpaired) electrons. The molecular formula is C7H5BrN2O2S2. The summed E-state index contributed by atoms with van der Waals surface area (Å²) < 4.78 is 23.6. The number of hydrogen-bond donors (Lipinski definition) is 1. The van der Waals surface area contributed by atoms with Crippen LogP contribution in [0.3, 0.4) is 0 Å². The molecule has 2 rings (SSSR count). The third-order valence-electron chi connectivity index (χ3n) is 1.66. The number of rotatable bonds is 1. The van der Waals surface area contributed by atoms with Crippen LogP contribution in [0.5, 0.6) is 0 Å². The van der Waals surface area contributed by atoms with Gasteiger partial charge in [-0.1, -0.05) is 0 Å². The van der Waals surface area contributed by atoms with E-state index in [1.807, 2.05) is 0 Å². The molecule has 0 saturated carbocycles. The molecule has 0 bridgehead atoms. The number of thiazole rings is 1. The van der Waals surface area contributed by atoms with Crippen molar-refractivity contribution in [1.29, 1.82) is 0 Å². The normalized spacial score (nSPS) is 12.1. The van der Waals surface area contributed by atoms with E-state index in [9.17, 15) is 8.42 Å². The molecule has 1 heterocycles. The second kappa shape index (κ2) is 3.27. The van der Waals surface area contributed by atoms with Gasteiger partial charge in [-0.05, 0) is 34.1 Å². The minimum atomic E-state index is -3.62. The van der Waals surface area contributed by atoms with Gasteiger partial charge in [-0.15, -0.1) is 11.3 Å². The zero-order chi connectivity index (χ0) is 10.3. The quantitative estimate of drug-likeness (QED) is 0.869. The second-order valence-electron chi connectivity index (χ2n) is 2.64. The smallest absolute Gasteiger partial charge is 0.229 e. The van der Waals surface area contributed by atoms with Gasteiger partial charge in [0, 0.05) is 0 Å². The first-order chi connectivity index (χ1) is 6.47.